The maximum Gasteiger partial charge on any atom is 0.344 e. The highest BCUT2D eigenvalue weighted by Gasteiger charge is 2.19. The molecule has 3 heteroatoms. The lowest BCUT2D eigenvalue weighted by Gasteiger charge is -2.21. The van der Waals surface area contributed by atoms with Crippen LogP contribution in [-0.4, -0.2) is 0 Å². The van der Waals surface area contributed by atoms with E-state index in [0.29, 0.717) is 17.6 Å². The molecule has 0 saturated heterocycles. The molecule has 0 amide bonds. The summed E-state index contributed by atoms with van der Waals surface area (Å²) in [5.41, 5.74) is 4.66. The Bertz CT molecular complexity index is 1190. The smallest absolute Gasteiger partial charge is 0.344 e. The highest BCUT2D eigenvalue weighted by molar-refractivity contribution is 6.06. The highest BCUT2D eigenvalue weighted by atomic mass is 16.5. The van der Waals surface area contributed by atoms with Gasteiger partial charge in [-0.2, -0.15) is 0 Å². The molecule has 4 aromatic rings. The molecule has 0 atom stereocenters. The summed E-state index contributed by atoms with van der Waals surface area (Å²) in [6.45, 7) is 2.51. The molecule has 1 aliphatic rings. The molecule has 0 N–H and O–H groups in total. The standard InChI is InChI=1S/C21H14O3/c1-12-6-7-20-17(8-12)16-10-15-13(9-18(16)21(22)24-20)11-23-19-5-3-2-4-14(15)19/h2-10H,11H2,1H3. The first-order valence-corrected chi connectivity index (χ1v) is 7.93. The first-order chi connectivity index (χ1) is 11.7. The molecule has 0 fully saturated rings. The predicted octanol–water partition coefficient (Wildman–Crippen LogP) is 4.81. The highest BCUT2D eigenvalue weighted by Crippen LogP contribution is 2.39. The number of ether oxygens (including phenoxy) is 1. The second kappa shape index (κ2) is 4.71. The van der Waals surface area contributed by atoms with Crippen molar-refractivity contribution in [1.29, 1.82) is 0 Å². The van der Waals surface area contributed by atoms with Crippen LogP contribution in [0.2, 0.25) is 0 Å². The maximum atomic E-state index is 12.4. The minimum atomic E-state index is -0.303. The van der Waals surface area contributed by atoms with Gasteiger partial charge in [-0.3, -0.25) is 0 Å². The van der Waals surface area contributed by atoms with E-state index in [0.717, 1.165) is 38.8 Å². The molecule has 0 aliphatic carbocycles. The van der Waals surface area contributed by atoms with E-state index >= 15 is 0 Å². The van der Waals surface area contributed by atoms with Crippen LogP contribution in [0, 0.1) is 6.92 Å². The summed E-state index contributed by atoms with van der Waals surface area (Å²) in [4.78, 5) is 12.4. The number of hydrogen-bond acceptors (Lipinski definition) is 3. The SMILES string of the molecule is Cc1ccc2oc(=O)c3cc4c(cc3c2c1)-c1ccccc1OC4. The average molecular weight is 314 g/mol. The summed E-state index contributed by atoms with van der Waals surface area (Å²) < 4.78 is 11.3. The van der Waals surface area contributed by atoms with Gasteiger partial charge in [0.15, 0.2) is 0 Å². The summed E-state index contributed by atoms with van der Waals surface area (Å²) in [6.07, 6.45) is 0. The average Bonchev–Trinajstić information content (AvgIpc) is 2.61. The van der Waals surface area contributed by atoms with Crippen molar-refractivity contribution in [3.63, 3.8) is 0 Å². The van der Waals surface area contributed by atoms with Gasteiger partial charge in [-0.1, -0.05) is 29.8 Å². The van der Waals surface area contributed by atoms with Gasteiger partial charge in [-0.05, 0) is 48.4 Å². The molecule has 116 valence electrons. The lowest BCUT2D eigenvalue weighted by atomic mass is 9.93. The van der Waals surface area contributed by atoms with Crippen molar-refractivity contribution in [2.45, 2.75) is 13.5 Å². The zero-order valence-electron chi connectivity index (χ0n) is 13.1. The number of hydrogen-bond donors (Lipinski definition) is 0. The third kappa shape index (κ3) is 1.81. The van der Waals surface area contributed by atoms with Crippen LogP contribution in [-0.2, 0) is 6.61 Å². The quantitative estimate of drug-likeness (QED) is 0.345. The van der Waals surface area contributed by atoms with Crippen LogP contribution >= 0.6 is 0 Å². The van der Waals surface area contributed by atoms with Gasteiger partial charge in [0.2, 0.25) is 0 Å². The Morgan fingerprint density at radius 3 is 2.67 bits per heavy atom. The molecule has 2 heterocycles. The molecule has 0 saturated carbocycles. The largest absolute Gasteiger partial charge is 0.488 e. The Labute approximate surface area is 138 Å². The van der Waals surface area contributed by atoms with Crippen LogP contribution in [0.3, 0.4) is 0 Å². The third-order valence-electron chi connectivity index (χ3n) is 4.65. The third-order valence-corrected chi connectivity index (χ3v) is 4.65. The molecule has 0 spiro atoms. The normalized spacial score (nSPS) is 12.7. The molecule has 0 radical (unpaired) electrons. The van der Waals surface area contributed by atoms with Crippen molar-refractivity contribution < 1.29 is 9.15 Å². The van der Waals surface area contributed by atoms with Crippen LogP contribution in [0.1, 0.15) is 11.1 Å². The molecule has 5 rings (SSSR count). The lowest BCUT2D eigenvalue weighted by molar-refractivity contribution is 0.302. The van der Waals surface area contributed by atoms with E-state index in [1.54, 1.807) is 0 Å². The molecule has 1 aliphatic heterocycles. The fourth-order valence-corrected chi connectivity index (χ4v) is 3.48. The van der Waals surface area contributed by atoms with Crippen molar-refractivity contribution in [2.75, 3.05) is 0 Å². The number of benzene rings is 3. The van der Waals surface area contributed by atoms with Crippen molar-refractivity contribution in [3.8, 4) is 16.9 Å². The van der Waals surface area contributed by atoms with Gasteiger partial charge in [-0.15, -0.1) is 0 Å². The van der Waals surface area contributed by atoms with E-state index in [2.05, 4.69) is 18.2 Å². The van der Waals surface area contributed by atoms with Gasteiger partial charge in [0, 0.05) is 16.3 Å². The van der Waals surface area contributed by atoms with Crippen LogP contribution in [0.5, 0.6) is 5.75 Å². The van der Waals surface area contributed by atoms with E-state index in [-0.39, 0.29) is 5.63 Å². The van der Waals surface area contributed by atoms with Crippen molar-refractivity contribution in [3.05, 3.63) is 76.1 Å². The second-order valence-electron chi connectivity index (χ2n) is 6.23. The molecule has 24 heavy (non-hydrogen) atoms. The van der Waals surface area contributed by atoms with E-state index in [4.69, 9.17) is 9.15 Å². The zero-order chi connectivity index (χ0) is 16.3. The molecule has 0 unspecified atom stereocenters. The Morgan fingerprint density at radius 2 is 1.75 bits per heavy atom. The van der Waals surface area contributed by atoms with E-state index in [1.165, 1.54) is 0 Å². The summed E-state index contributed by atoms with van der Waals surface area (Å²) in [5, 5.41) is 2.51. The van der Waals surface area contributed by atoms with Crippen LogP contribution in [0.15, 0.2) is 63.8 Å². The summed E-state index contributed by atoms with van der Waals surface area (Å²) >= 11 is 0. The summed E-state index contributed by atoms with van der Waals surface area (Å²) in [5.74, 6) is 0.882. The molecule has 0 bridgehead atoms. The second-order valence-corrected chi connectivity index (χ2v) is 6.23. The number of para-hydroxylation sites is 1. The first kappa shape index (κ1) is 13.4. The molecule has 3 aromatic carbocycles. The van der Waals surface area contributed by atoms with E-state index < -0.39 is 0 Å². The minimum Gasteiger partial charge on any atom is -0.488 e. The van der Waals surface area contributed by atoms with Crippen LogP contribution in [0.4, 0.5) is 0 Å². The van der Waals surface area contributed by atoms with Crippen molar-refractivity contribution >= 4 is 21.7 Å². The van der Waals surface area contributed by atoms with Crippen LogP contribution in [0.25, 0.3) is 32.9 Å². The monoisotopic (exact) mass is 314 g/mol. The van der Waals surface area contributed by atoms with E-state index in [9.17, 15) is 4.79 Å². The number of aryl methyl sites for hydroxylation is 1. The summed E-state index contributed by atoms with van der Waals surface area (Å²) in [6, 6.07) is 17.9. The Balaban J connectivity index is 1.95. The molecule has 3 nitrogen and oxygen atoms in total. The molecular formula is C21H14O3. The Kier molecular flexibility index (Phi) is 2.63. The topological polar surface area (TPSA) is 39.4 Å². The van der Waals surface area contributed by atoms with Crippen molar-refractivity contribution in [2.24, 2.45) is 0 Å². The predicted molar refractivity (Wildman–Crippen MR) is 94.5 cm³/mol. The fourth-order valence-electron chi connectivity index (χ4n) is 3.48. The maximum absolute atomic E-state index is 12.4. The van der Waals surface area contributed by atoms with Gasteiger partial charge in [0.1, 0.15) is 17.9 Å². The molecule has 1 aromatic heterocycles. The molecular weight excluding hydrogens is 300 g/mol. The zero-order valence-corrected chi connectivity index (χ0v) is 13.1. The number of fused-ring (bicyclic) bond motifs is 6. The van der Waals surface area contributed by atoms with Gasteiger partial charge in [0.25, 0.3) is 0 Å². The lowest BCUT2D eigenvalue weighted by Crippen LogP contribution is -2.08. The van der Waals surface area contributed by atoms with Gasteiger partial charge >= 0.3 is 5.63 Å². The van der Waals surface area contributed by atoms with Crippen molar-refractivity contribution in [1.82, 2.24) is 0 Å². The summed E-state index contributed by atoms with van der Waals surface area (Å²) in [7, 11) is 0. The van der Waals surface area contributed by atoms with Crippen LogP contribution < -0.4 is 10.4 Å². The van der Waals surface area contributed by atoms with Gasteiger partial charge in [0.05, 0.1) is 5.39 Å². The number of rotatable bonds is 0. The van der Waals surface area contributed by atoms with Gasteiger partial charge < -0.3 is 9.15 Å². The Morgan fingerprint density at radius 1 is 0.875 bits per heavy atom. The first-order valence-electron chi connectivity index (χ1n) is 7.93. The minimum absolute atomic E-state index is 0.303. The fraction of sp³-hybridized carbons (Fsp3) is 0.0952. The van der Waals surface area contributed by atoms with Gasteiger partial charge in [-0.25, -0.2) is 4.79 Å². The Hall–Kier alpha value is -3.07. The van der Waals surface area contributed by atoms with E-state index in [1.807, 2.05) is 43.3 Å².